The highest BCUT2D eigenvalue weighted by Crippen LogP contribution is 2.07. The first-order valence-electron chi connectivity index (χ1n) is 3.94. The summed E-state index contributed by atoms with van der Waals surface area (Å²) in [4.78, 5) is 11.1. The molecule has 0 aliphatic carbocycles. The summed E-state index contributed by atoms with van der Waals surface area (Å²) in [6.07, 6.45) is -0.476. The second-order valence-corrected chi connectivity index (χ2v) is 4.93. The van der Waals surface area contributed by atoms with Crippen LogP contribution < -0.4 is 5.32 Å². The molecule has 0 fully saturated rings. The number of alkyl carbamates (subject to hydrolysis) is 1. The van der Waals surface area contributed by atoms with E-state index < -0.39 is 11.7 Å². The average molecular weight is 221 g/mol. The van der Waals surface area contributed by atoms with E-state index in [2.05, 4.69) is 17.9 Å². The lowest BCUT2D eigenvalue weighted by atomic mass is 10.2. The predicted octanol–water partition coefficient (Wildman–Crippen LogP) is 2.16. The summed E-state index contributed by atoms with van der Waals surface area (Å²) in [5.41, 5.74) is -0.484. The fourth-order valence-corrected chi connectivity index (χ4v) is 0.670. The normalized spacial score (nSPS) is 13.3. The standard InChI is InChI=1S/C8H15NO2S2/c1-5(6(12)13)9-7(10)11-8(2,3)4/h5H,1-4H3,(H,9,10)(H,12,13)/t5-/m0/s1. The molecule has 0 unspecified atom stereocenters. The number of amides is 1. The molecule has 76 valence electrons. The minimum atomic E-state index is -0.484. The van der Waals surface area contributed by atoms with Crippen LogP contribution in [0, 0.1) is 0 Å². The van der Waals surface area contributed by atoms with Crippen molar-refractivity contribution in [1.29, 1.82) is 0 Å². The van der Waals surface area contributed by atoms with Gasteiger partial charge in [0.1, 0.15) is 5.60 Å². The van der Waals surface area contributed by atoms with Crippen LogP contribution in [0.3, 0.4) is 0 Å². The Hall–Kier alpha value is -0.290. The molecule has 0 bridgehead atoms. The van der Waals surface area contributed by atoms with Crippen LogP contribution in [-0.2, 0) is 4.74 Å². The maximum Gasteiger partial charge on any atom is 0.408 e. The molecule has 0 aliphatic rings. The van der Waals surface area contributed by atoms with Crippen molar-refractivity contribution in [2.45, 2.75) is 39.3 Å². The highest BCUT2D eigenvalue weighted by atomic mass is 32.1. The van der Waals surface area contributed by atoms with Gasteiger partial charge >= 0.3 is 6.09 Å². The van der Waals surface area contributed by atoms with Crippen LogP contribution in [0.15, 0.2) is 0 Å². The van der Waals surface area contributed by atoms with E-state index in [0.717, 1.165) is 0 Å². The number of hydrogen-bond donors (Lipinski definition) is 2. The summed E-state index contributed by atoms with van der Waals surface area (Å²) >= 11 is 8.71. The average Bonchev–Trinajstić information content (AvgIpc) is 1.81. The molecule has 1 N–H and O–H groups in total. The summed E-state index contributed by atoms with van der Waals surface area (Å²) in [5.74, 6) is 0. The van der Waals surface area contributed by atoms with Gasteiger partial charge in [-0.1, -0.05) is 12.2 Å². The van der Waals surface area contributed by atoms with Gasteiger partial charge in [0.15, 0.2) is 0 Å². The number of carbonyl (C=O) groups is 1. The van der Waals surface area contributed by atoms with Gasteiger partial charge in [-0.25, -0.2) is 4.79 Å². The van der Waals surface area contributed by atoms with E-state index in [1.54, 1.807) is 27.7 Å². The van der Waals surface area contributed by atoms with Crippen LogP contribution in [0.2, 0.25) is 0 Å². The zero-order valence-electron chi connectivity index (χ0n) is 8.25. The Morgan fingerprint density at radius 2 is 2.00 bits per heavy atom. The molecule has 3 nitrogen and oxygen atoms in total. The number of hydrogen-bond acceptors (Lipinski definition) is 3. The van der Waals surface area contributed by atoms with Gasteiger partial charge in [-0.3, -0.25) is 0 Å². The topological polar surface area (TPSA) is 38.3 Å². The molecule has 0 spiro atoms. The highest BCUT2D eigenvalue weighted by Gasteiger charge is 2.18. The molecular weight excluding hydrogens is 206 g/mol. The molecule has 0 aromatic rings. The van der Waals surface area contributed by atoms with E-state index in [0.29, 0.717) is 4.20 Å². The molecule has 0 radical (unpaired) electrons. The van der Waals surface area contributed by atoms with Crippen LogP contribution in [0.25, 0.3) is 0 Å². The van der Waals surface area contributed by atoms with Crippen molar-refractivity contribution in [2.24, 2.45) is 0 Å². The van der Waals surface area contributed by atoms with Crippen molar-refractivity contribution in [2.75, 3.05) is 0 Å². The van der Waals surface area contributed by atoms with Crippen LogP contribution in [0.1, 0.15) is 27.7 Å². The number of thiol groups is 1. The Morgan fingerprint density at radius 1 is 1.54 bits per heavy atom. The first-order valence-corrected chi connectivity index (χ1v) is 4.80. The lowest BCUT2D eigenvalue weighted by Gasteiger charge is -2.21. The van der Waals surface area contributed by atoms with E-state index in [1.807, 2.05) is 0 Å². The van der Waals surface area contributed by atoms with Gasteiger partial charge in [0, 0.05) is 0 Å². The van der Waals surface area contributed by atoms with Gasteiger partial charge < -0.3 is 10.1 Å². The van der Waals surface area contributed by atoms with Gasteiger partial charge in [-0.2, -0.15) is 0 Å². The van der Waals surface area contributed by atoms with Gasteiger partial charge in [-0.05, 0) is 27.7 Å². The molecule has 13 heavy (non-hydrogen) atoms. The molecule has 0 heterocycles. The summed E-state index contributed by atoms with van der Waals surface area (Å²) in [7, 11) is 0. The molecule has 0 aromatic carbocycles. The molecule has 0 saturated carbocycles. The third-order valence-corrected chi connectivity index (χ3v) is 1.84. The molecule has 0 saturated heterocycles. The third-order valence-electron chi connectivity index (χ3n) is 1.10. The molecule has 1 atom stereocenters. The van der Waals surface area contributed by atoms with E-state index in [4.69, 9.17) is 17.0 Å². The highest BCUT2D eigenvalue weighted by molar-refractivity contribution is 8.11. The fourth-order valence-electron chi connectivity index (χ4n) is 0.546. The van der Waals surface area contributed by atoms with Crippen molar-refractivity contribution >= 4 is 35.1 Å². The summed E-state index contributed by atoms with van der Waals surface area (Å²) < 4.78 is 5.45. The number of nitrogens with one attached hydrogen (secondary N) is 1. The number of thiocarbonyl (C=S) groups is 1. The van der Waals surface area contributed by atoms with E-state index in [9.17, 15) is 4.79 Å². The van der Waals surface area contributed by atoms with Crippen molar-refractivity contribution in [3.8, 4) is 0 Å². The van der Waals surface area contributed by atoms with E-state index in [-0.39, 0.29) is 6.04 Å². The quantitative estimate of drug-likeness (QED) is 0.554. The van der Waals surface area contributed by atoms with Crippen molar-refractivity contribution < 1.29 is 9.53 Å². The van der Waals surface area contributed by atoms with Crippen LogP contribution in [0.5, 0.6) is 0 Å². The zero-order chi connectivity index (χ0) is 10.6. The first-order chi connectivity index (χ1) is 5.72. The summed E-state index contributed by atoms with van der Waals surface area (Å²) in [6.45, 7) is 7.15. The maximum atomic E-state index is 11.1. The Kier molecular flexibility index (Phi) is 4.70. The Morgan fingerprint density at radius 3 is 2.31 bits per heavy atom. The van der Waals surface area contributed by atoms with Crippen molar-refractivity contribution in [1.82, 2.24) is 5.32 Å². The molecular formula is C8H15NO2S2. The zero-order valence-corrected chi connectivity index (χ0v) is 9.96. The minimum absolute atomic E-state index is 0.256. The molecule has 0 aliphatic heterocycles. The van der Waals surface area contributed by atoms with Crippen LogP contribution in [0.4, 0.5) is 4.79 Å². The SMILES string of the molecule is C[C@H](NC(=O)OC(C)(C)C)C(=S)S. The Labute approximate surface area is 89.6 Å². The lowest BCUT2D eigenvalue weighted by molar-refractivity contribution is 0.0522. The second kappa shape index (κ2) is 4.81. The van der Waals surface area contributed by atoms with Crippen molar-refractivity contribution in [3.05, 3.63) is 0 Å². The third kappa shape index (κ3) is 6.83. The van der Waals surface area contributed by atoms with Gasteiger partial charge in [-0.15, -0.1) is 12.6 Å². The van der Waals surface area contributed by atoms with Gasteiger partial charge in [0.25, 0.3) is 0 Å². The summed E-state index contributed by atoms with van der Waals surface area (Å²) in [6, 6.07) is -0.256. The number of carbonyl (C=O) groups excluding carboxylic acids is 1. The number of rotatable bonds is 2. The fraction of sp³-hybridized carbons (Fsp3) is 0.750. The molecule has 1 amide bonds. The largest absolute Gasteiger partial charge is 0.444 e. The van der Waals surface area contributed by atoms with Crippen molar-refractivity contribution in [3.63, 3.8) is 0 Å². The summed E-state index contributed by atoms with van der Waals surface area (Å²) in [5, 5.41) is 2.56. The predicted molar refractivity (Wildman–Crippen MR) is 60.4 cm³/mol. The van der Waals surface area contributed by atoms with Crippen LogP contribution >= 0.6 is 24.8 Å². The lowest BCUT2D eigenvalue weighted by Crippen LogP contribution is -2.39. The van der Waals surface area contributed by atoms with E-state index >= 15 is 0 Å². The van der Waals surface area contributed by atoms with Gasteiger partial charge in [0.05, 0.1) is 10.2 Å². The smallest absolute Gasteiger partial charge is 0.408 e. The number of ether oxygens (including phenoxy) is 1. The Bertz CT molecular complexity index is 211. The maximum absolute atomic E-state index is 11.1. The Balaban J connectivity index is 3.96. The molecule has 0 aromatic heterocycles. The molecule has 0 rings (SSSR count). The minimum Gasteiger partial charge on any atom is -0.444 e. The van der Waals surface area contributed by atoms with Gasteiger partial charge in [0.2, 0.25) is 0 Å². The van der Waals surface area contributed by atoms with Crippen LogP contribution in [-0.4, -0.2) is 21.9 Å². The monoisotopic (exact) mass is 221 g/mol. The first kappa shape index (κ1) is 12.7. The van der Waals surface area contributed by atoms with E-state index in [1.165, 1.54) is 0 Å². The molecule has 5 heteroatoms. The second-order valence-electron chi connectivity index (χ2n) is 3.71.